The maximum absolute atomic E-state index is 7.41. The zero-order valence-electron chi connectivity index (χ0n) is 9.14. The van der Waals surface area contributed by atoms with Crippen LogP contribution in [0, 0.1) is 0 Å². The van der Waals surface area contributed by atoms with E-state index in [4.69, 9.17) is 27.3 Å². The van der Waals surface area contributed by atoms with E-state index in [9.17, 15) is 0 Å². The van der Waals surface area contributed by atoms with Crippen LogP contribution in [-0.2, 0) is 6.42 Å². The fourth-order valence-corrected chi connectivity index (χ4v) is 1.98. The summed E-state index contributed by atoms with van der Waals surface area (Å²) in [4.78, 5) is 0. The lowest BCUT2D eigenvalue weighted by Gasteiger charge is -2.05. The van der Waals surface area contributed by atoms with E-state index in [0.717, 1.165) is 5.56 Å². The summed E-state index contributed by atoms with van der Waals surface area (Å²) in [6.45, 7) is -2.05. The van der Waals surface area contributed by atoms with Crippen LogP contribution in [0.4, 0.5) is 0 Å². The molecule has 0 saturated heterocycles. The zero-order chi connectivity index (χ0) is 11.2. The first-order valence-corrected chi connectivity index (χ1v) is 4.37. The minimum Gasteiger partial charge on any atom is -0.137 e. The van der Waals surface area contributed by atoms with Gasteiger partial charge in [0.25, 0.3) is 0 Å². The minimum absolute atomic E-state index is 0.160. The topological polar surface area (TPSA) is 25.8 Å². The highest BCUT2D eigenvalue weighted by Gasteiger charge is 2.25. The monoisotopic (exact) mass is 205 g/mol. The molecule has 0 radical (unpaired) electrons. The normalized spacial score (nSPS) is 25.8. The van der Waals surface area contributed by atoms with Crippen molar-refractivity contribution in [1.82, 2.24) is 10.2 Å². The smallest absolute Gasteiger partial charge is 0.137 e. The van der Waals surface area contributed by atoms with E-state index in [0.29, 0.717) is 18.4 Å². The van der Waals surface area contributed by atoms with Crippen molar-refractivity contribution in [2.45, 2.75) is 25.6 Å². The highest BCUT2D eigenvalue weighted by molar-refractivity contribution is 6.32. The van der Waals surface area contributed by atoms with E-state index in [1.807, 2.05) is 0 Å². The average molecular weight is 206 g/mol. The summed E-state index contributed by atoms with van der Waals surface area (Å²) in [6, 6.07) is 0. The molecule has 4 heteroatoms. The summed E-state index contributed by atoms with van der Waals surface area (Å²) in [7, 11) is 0. The highest BCUT2D eigenvalue weighted by atomic mass is 35.5. The SMILES string of the molecule is [2H]C([2H])([2H])C1CCc2c(Cl)nnc(Cl)c21. The van der Waals surface area contributed by atoms with Crippen molar-refractivity contribution in [2.75, 3.05) is 0 Å². The van der Waals surface area contributed by atoms with Gasteiger partial charge in [0, 0.05) is 9.68 Å². The van der Waals surface area contributed by atoms with Crippen molar-refractivity contribution < 1.29 is 4.11 Å². The Morgan fingerprint density at radius 2 is 2.17 bits per heavy atom. The second kappa shape index (κ2) is 2.86. The van der Waals surface area contributed by atoms with Crippen LogP contribution in [0.2, 0.25) is 10.3 Å². The van der Waals surface area contributed by atoms with Crippen molar-refractivity contribution in [3.05, 3.63) is 21.4 Å². The maximum Gasteiger partial charge on any atom is 0.155 e. The van der Waals surface area contributed by atoms with Crippen LogP contribution < -0.4 is 0 Å². The number of fused-ring (bicyclic) bond motifs is 1. The molecule has 1 heterocycles. The summed E-state index contributed by atoms with van der Waals surface area (Å²) in [5.41, 5.74) is 1.29. The van der Waals surface area contributed by atoms with Crippen LogP contribution >= 0.6 is 23.2 Å². The molecule has 0 aliphatic heterocycles. The Labute approximate surface area is 85.1 Å². The van der Waals surface area contributed by atoms with Crippen molar-refractivity contribution in [3.63, 3.8) is 0 Å². The Balaban J connectivity index is 2.55. The standard InChI is InChI=1S/C8H8Cl2N2/c1-4-2-3-5-6(4)8(10)12-11-7(5)9/h4H,2-3H2,1H3/i1D3. The molecule has 12 heavy (non-hydrogen) atoms. The number of hydrogen-bond acceptors (Lipinski definition) is 2. The fourth-order valence-electron chi connectivity index (χ4n) is 1.46. The van der Waals surface area contributed by atoms with E-state index in [2.05, 4.69) is 10.2 Å². The number of rotatable bonds is 0. The second-order valence-corrected chi connectivity index (χ2v) is 3.48. The van der Waals surface area contributed by atoms with Crippen LogP contribution in [0.15, 0.2) is 0 Å². The largest absolute Gasteiger partial charge is 0.155 e. The second-order valence-electron chi connectivity index (χ2n) is 2.77. The van der Waals surface area contributed by atoms with E-state index >= 15 is 0 Å². The molecule has 64 valence electrons. The van der Waals surface area contributed by atoms with Gasteiger partial charge >= 0.3 is 0 Å². The maximum atomic E-state index is 7.41. The molecule has 1 aliphatic rings. The highest BCUT2D eigenvalue weighted by Crippen LogP contribution is 2.38. The minimum atomic E-state index is -2.05. The first-order valence-electron chi connectivity index (χ1n) is 5.11. The lowest BCUT2D eigenvalue weighted by molar-refractivity contribution is 0.745. The Bertz CT molecular complexity index is 406. The van der Waals surface area contributed by atoms with E-state index in [1.54, 1.807) is 0 Å². The molecule has 0 spiro atoms. The Hall–Kier alpha value is -0.340. The summed E-state index contributed by atoms with van der Waals surface area (Å²) in [6.07, 6.45) is 1.13. The average Bonchev–Trinajstić information content (AvgIpc) is 2.55. The fraction of sp³-hybridized carbons (Fsp3) is 0.500. The van der Waals surface area contributed by atoms with Gasteiger partial charge in [0.05, 0.1) is 0 Å². The number of hydrogen-bond donors (Lipinski definition) is 0. The Morgan fingerprint density at radius 1 is 1.42 bits per heavy atom. The summed E-state index contributed by atoms with van der Waals surface area (Å²) in [5.74, 6) is -0.562. The number of aromatic nitrogens is 2. The molecule has 0 aromatic carbocycles. The molecular formula is C8H8Cl2N2. The molecule has 0 amide bonds. The predicted molar refractivity (Wildman–Crippen MR) is 48.8 cm³/mol. The van der Waals surface area contributed by atoms with Crippen molar-refractivity contribution in [2.24, 2.45) is 0 Å². The van der Waals surface area contributed by atoms with Gasteiger partial charge in [0.2, 0.25) is 0 Å². The van der Waals surface area contributed by atoms with Crippen LogP contribution in [-0.4, -0.2) is 10.2 Å². The predicted octanol–water partition coefficient (Wildman–Crippen LogP) is 2.83. The summed E-state index contributed by atoms with van der Waals surface area (Å²) in [5, 5.41) is 7.74. The summed E-state index contributed by atoms with van der Waals surface area (Å²) >= 11 is 11.7. The molecule has 1 unspecified atom stereocenters. The molecule has 2 nitrogen and oxygen atoms in total. The van der Waals surface area contributed by atoms with Gasteiger partial charge in [-0.1, -0.05) is 30.1 Å². The molecule has 0 bridgehead atoms. The van der Waals surface area contributed by atoms with Gasteiger partial charge in [-0.15, -0.1) is 10.2 Å². The molecule has 2 rings (SSSR count). The lowest BCUT2D eigenvalue weighted by atomic mass is 10.1. The third-order valence-corrected chi connectivity index (χ3v) is 2.64. The Morgan fingerprint density at radius 3 is 2.92 bits per heavy atom. The zero-order valence-corrected chi connectivity index (χ0v) is 7.65. The van der Waals surface area contributed by atoms with Crippen molar-refractivity contribution in [3.8, 4) is 0 Å². The van der Waals surface area contributed by atoms with Gasteiger partial charge in [0.1, 0.15) is 0 Å². The van der Waals surface area contributed by atoms with Gasteiger partial charge in [0.15, 0.2) is 10.3 Å². The lowest BCUT2D eigenvalue weighted by Crippen LogP contribution is -1.95. The van der Waals surface area contributed by atoms with E-state index < -0.39 is 12.8 Å². The quantitative estimate of drug-likeness (QED) is 0.652. The molecule has 1 aromatic rings. The molecule has 0 fully saturated rings. The molecule has 0 N–H and O–H groups in total. The third-order valence-electron chi connectivity index (χ3n) is 2.05. The molecule has 1 atom stereocenters. The molecule has 1 aliphatic carbocycles. The first kappa shape index (κ1) is 5.40. The van der Waals surface area contributed by atoms with E-state index in [1.165, 1.54) is 0 Å². The van der Waals surface area contributed by atoms with Crippen molar-refractivity contribution in [1.29, 1.82) is 0 Å². The molecular weight excluding hydrogens is 195 g/mol. The van der Waals surface area contributed by atoms with Crippen LogP contribution in [0.5, 0.6) is 0 Å². The van der Waals surface area contributed by atoms with Gasteiger partial charge in [-0.2, -0.15) is 0 Å². The van der Waals surface area contributed by atoms with Crippen molar-refractivity contribution >= 4 is 23.2 Å². The first-order chi connectivity index (χ1) is 6.91. The van der Waals surface area contributed by atoms with Gasteiger partial charge in [-0.3, -0.25) is 0 Å². The van der Waals surface area contributed by atoms with E-state index in [-0.39, 0.29) is 10.3 Å². The molecule has 1 aromatic heterocycles. The van der Waals surface area contributed by atoms with Crippen LogP contribution in [0.1, 0.15) is 34.4 Å². The third kappa shape index (κ3) is 1.10. The van der Waals surface area contributed by atoms with Gasteiger partial charge in [-0.05, 0) is 24.3 Å². The van der Waals surface area contributed by atoms with Crippen LogP contribution in [0.3, 0.4) is 0 Å². The van der Waals surface area contributed by atoms with Gasteiger partial charge in [-0.25, -0.2) is 0 Å². The number of nitrogens with zero attached hydrogens (tertiary/aromatic N) is 2. The number of halogens is 2. The van der Waals surface area contributed by atoms with Crippen LogP contribution in [0.25, 0.3) is 0 Å². The Kier molecular flexibility index (Phi) is 1.29. The summed E-state index contributed by atoms with van der Waals surface area (Å²) < 4.78 is 22.2. The molecule has 0 saturated carbocycles. The van der Waals surface area contributed by atoms with Gasteiger partial charge < -0.3 is 0 Å².